The Labute approximate surface area is 117 Å². The number of benzene rings is 1. The summed E-state index contributed by atoms with van der Waals surface area (Å²) in [4.78, 5) is 0. The highest BCUT2D eigenvalue weighted by atomic mass is 16.5. The summed E-state index contributed by atoms with van der Waals surface area (Å²) < 4.78 is 5.75. The third-order valence-corrected chi connectivity index (χ3v) is 4.28. The zero-order chi connectivity index (χ0) is 13.6. The van der Waals surface area contributed by atoms with Crippen LogP contribution in [-0.4, -0.2) is 13.2 Å². The highest BCUT2D eigenvalue weighted by molar-refractivity contribution is 5.33. The molecular weight excluding hydrogens is 232 g/mol. The Hall–Kier alpha value is -1.08. The van der Waals surface area contributed by atoms with E-state index in [1.165, 1.54) is 24.8 Å². The van der Waals surface area contributed by atoms with Crippen molar-refractivity contribution in [1.29, 1.82) is 0 Å². The van der Waals surface area contributed by atoms with Crippen molar-refractivity contribution in [3.8, 4) is 0 Å². The second-order valence-electron chi connectivity index (χ2n) is 5.47. The van der Waals surface area contributed by atoms with Crippen molar-refractivity contribution in [2.45, 2.75) is 38.0 Å². The second-order valence-corrected chi connectivity index (χ2v) is 5.47. The molecule has 2 rings (SSSR count). The fourth-order valence-corrected chi connectivity index (χ4v) is 3.42. The number of hydrogen-bond donors (Lipinski definition) is 0. The van der Waals surface area contributed by atoms with E-state index in [4.69, 9.17) is 4.74 Å². The van der Waals surface area contributed by atoms with E-state index in [-0.39, 0.29) is 5.41 Å². The van der Waals surface area contributed by atoms with Gasteiger partial charge in [-0.2, -0.15) is 0 Å². The zero-order valence-corrected chi connectivity index (χ0v) is 12.0. The number of rotatable bonds is 5. The van der Waals surface area contributed by atoms with Gasteiger partial charge >= 0.3 is 0 Å². The van der Waals surface area contributed by atoms with Crippen molar-refractivity contribution in [2.75, 3.05) is 13.2 Å². The molecule has 2 atom stereocenters. The van der Waals surface area contributed by atoms with Gasteiger partial charge in [-0.3, -0.25) is 0 Å². The third-order valence-electron chi connectivity index (χ3n) is 4.28. The van der Waals surface area contributed by atoms with Crippen LogP contribution in [-0.2, 0) is 10.2 Å². The average Bonchev–Trinajstić information content (AvgIpc) is 2.49. The summed E-state index contributed by atoms with van der Waals surface area (Å²) >= 11 is 0. The first-order chi connectivity index (χ1) is 9.33. The summed E-state index contributed by atoms with van der Waals surface area (Å²) in [6.07, 6.45) is 9.04. The second kappa shape index (κ2) is 6.91. The van der Waals surface area contributed by atoms with Crippen molar-refractivity contribution in [2.24, 2.45) is 5.92 Å². The van der Waals surface area contributed by atoms with E-state index in [0.29, 0.717) is 5.92 Å². The molecule has 0 spiro atoms. The summed E-state index contributed by atoms with van der Waals surface area (Å²) in [7, 11) is 0. The van der Waals surface area contributed by atoms with Crippen molar-refractivity contribution in [3.05, 3.63) is 55.0 Å². The van der Waals surface area contributed by atoms with Gasteiger partial charge in [0, 0.05) is 12.0 Å². The first kappa shape index (κ1) is 14.3. The highest BCUT2D eigenvalue weighted by Crippen LogP contribution is 2.42. The highest BCUT2D eigenvalue weighted by Gasteiger charge is 2.38. The molecule has 0 bridgehead atoms. The maximum absolute atomic E-state index is 5.75. The number of ether oxygens (including phenoxy) is 1. The lowest BCUT2D eigenvalue weighted by atomic mass is 9.65. The van der Waals surface area contributed by atoms with Crippen molar-refractivity contribution in [1.82, 2.24) is 0 Å². The SMILES string of the molecule is [CH2]/C=C\C(CCC)(c1ccccc1)C1CCCOC1. The van der Waals surface area contributed by atoms with Gasteiger partial charge in [0.05, 0.1) is 6.61 Å². The molecule has 1 aliphatic rings. The Morgan fingerprint density at radius 2 is 2.16 bits per heavy atom. The van der Waals surface area contributed by atoms with Crippen LogP contribution in [0.1, 0.15) is 38.2 Å². The monoisotopic (exact) mass is 257 g/mol. The molecule has 1 aromatic carbocycles. The minimum Gasteiger partial charge on any atom is -0.381 e. The standard InChI is InChI=1S/C18H25O/c1-3-12-18(13-4-2,16-9-6-5-7-10-16)17-11-8-14-19-15-17/h3,5-7,9-10,12,17H,1,4,8,11,13-15H2,2H3/b12-3-. The minimum atomic E-state index is 0.0954. The van der Waals surface area contributed by atoms with Crippen LogP contribution in [0, 0.1) is 12.8 Å². The largest absolute Gasteiger partial charge is 0.381 e. The van der Waals surface area contributed by atoms with E-state index >= 15 is 0 Å². The van der Waals surface area contributed by atoms with E-state index in [1.807, 2.05) is 6.08 Å². The normalized spacial score (nSPS) is 23.4. The Balaban J connectivity index is 2.40. The van der Waals surface area contributed by atoms with Crippen LogP contribution in [0.15, 0.2) is 42.5 Å². The van der Waals surface area contributed by atoms with Gasteiger partial charge in [-0.1, -0.05) is 55.8 Å². The zero-order valence-electron chi connectivity index (χ0n) is 12.0. The summed E-state index contributed by atoms with van der Waals surface area (Å²) in [5.41, 5.74) is 1.50. The molecule has 0 aliphatic carbocycles. The first-order valence-corrected chi connectivity index (χ1v) is 7.43. The topological polar surface area (TPSA) is 9.23 Å². The van der Waals surface area contributed by atoms with E-state index in [9.17, 15) is 0 Å². The van der Waals surface area contributed by atoms with Crippen LogP contribution in [0.4, 0.5) is 0 Å². The van der Waals surface area contributed by atoms with Crippen LogP contribution in [0.3, 0.4) is 0 Å². The molecule has 1 heterocycles. The van der Waals surface area contributed by atoms with E-state index in [2.05, 4.69) is 50.3 Å². The molecule has 0 aromatic heterocycles. The molecule has 1 saturated heterocycles. The van der Waals surface area contributed by atoms with Crippen LogP contribution in [0.5, 0.6) is 0 Å². The van der Waals surface area contributed by atoms with Crippen molar-refractivity contribution >= 4 is 0 Å². The molecule has 19 heavy (non-hydrogen) atoms. The van der Waals surface area contributed by atoms with Crippen molar-refractivity contribution in [3.63, 3.8) is 0 Å². The number of allylic oxidation sites excluding steroid dienone is 2. The van der Waals surface area contributed by atoms with Crippen LogP contribution in [0.2, 0.25) is 0 Å². The van der Waals surface area contributed by atoms with E-state index < -0.39 is 0 Å². The molecule has 103 valence electrons. The van der Waals surface area contributed by atoms with Gasteiger partial charge in [0.15, 0.2) is 0 Å². The molecule has 1 heteroatoms. The Morgan fingerprint density at radius 1 is 1.37 bits per heavy atom. The lowest BCUT2D eigenvalue weighted by Crippen LogP contribution is -2.38. The van der Waals surface area contributed by atoms with Crippen LogP contribution in [0.25, 0.3) is 0 Å². The van der Waals surface area contributed by atoms with Gasteiger partial charge in [0.1, 0.15) is 0 Å². The molecule has 1 radical (unpaired) electrons. The molecule has 1 nitrogen and oxygen atoms in total. The van der Waals surface area contributed by atoms with Gasteiger partial charge in [-0.15, -0.1) is 0 Å². The van der Waals surface area contributed by atoms with Crippen LogP contribution < -0.4 is 0 Å². The van der Waals surface area contributed by atoms with Gasteiger partial charge < -0.3 is 4.74 Å². The smallest absolute Gasteiger partial charge is 0.0505 e. The van der Waals surface area contributed by atoms with Gasteiger partial charge in [0.25, 0.3) is 0 Å². The first-order valence-electron chi connectivity index (χ1n) is 7.43. The van der Waals surface area contributed by atoms with Crippen molar-refractivity contribution < 1.29 is 4.74 Å². The Bertz CT molecular complexity index is 389. The van der Waals surface area contributed by atoms with Crippen LogP contribution >= 0.6 is 0 Å². The summed E-state index contributed by atoms with van der Waals surface area (Å²) in [5, 5.41) is 0. The summed E-state index contributed by atoms with van der Waals surface area (Å²) in [6, 6.07) is 10.9. The van der Waals surface area contributed by atoms with Gasteiger partial charge in [0.2, 0.25) is 0 Å². The predicted molar refractivity (Wildman–Crippen MR) is 81.1 cm³/mol. The Morgan fingerprint density at radius 3 is 2.74 bits per heavy atom. The molecule has 0 saturated carbocycles. The third kappa shape index (κ3) is 3.09. The van der Waals surface area contributed by atoms with Gasteiger partial charge in [-0.05, 0) is 37.7 Å². The van der Waals surface area contributed by atoms with E-state index in [1.54, 1.807) is 0 Å². The fourth-order valence-electron chi connectivity index (χ4n) is 3.42. The molecule has 2 unspecified atom stereocenters. The summed E-state index contributed by atoms with van der Waals surface area (Å²) in [5.74, 6) is 0.571. The maximum Gasteiger partial charge on any atom is 0.0505 e. The molecule has 1 aliphatic heterocycles. The maximum atomic E-state index is 5.75. The lowest BCUT2D eigenvalue weighted by molar-refractivity contribution is 0.0275. The quantitative estimate of drug-likeness (QED) is 0.752. The number of hydrogen-bond acceptors (Lipinski definition) is 1. The molecular formula is C18H25O. The van der Waals surface area contributed by atoms with E-state index in [0.717, 1.165) is 19.6 Å². The molecule has 0 amide bonds. The fraction of sp³-hybridized carbons (Fsp3) is 0.500. The lowest BCUT2D eigenvalue weighted by Gasteiger charge is -2.41. The predicted octanol–water partition coefficient (Wildman–Crippen LogP) is 4.54. The molecule has 0 N–H and O–H groups in total. The Kier molecular flexibility index (Phi) is 5.21. The van der Waals surface area contributed by atoms with Gasteiger partial charge in [-0.25, -0.2) is 0 Å². The average molecular weight is 257 g/mol. The molecule has 1 aromatic rings. The molecule has 1 fully saturated rings. The minimum absolute atomic E-state index is 0.0954. The summed E-state index contributed by atoms with van der Waals surface area (Å²) in [6.45, 7) is 8.01.